The quantitative estimate of drug-likeness (QED) is 0.272. The fourth-order valence-corrected chi connectivity index (χ4v) is 3.58. The van der Waals surface area contributed by atoms with Crippen LogP contribution in [0.1, 0.15) is 20.3 Å². The third kappa shape index (κ3) is 6.33. The molecule has 12 heteroatoms. The molecular weight excluding hydrogens is 384 g/mol. The van der Waals surface area contributed by atoms with Crippen LogP contribution in [0.4, 0.5) is 11.4 Å². The second-order valence-corrected chi connectivity index (χ2v) is 7.27. The minimum absolute atomic E-state index is 0.0447. The summed E-state index contributed by atoms with van der Waals surface area (Å²) in [5.74, 6) is -2.67. The van der Waals surface area contributed by atoms with Crippen LogP contribution in [0.2, 0.25) is 0 Å². The van der Waals surface area contributed by atoms with Crippen molar-refractivity contribution in [3.63, 3.8) is 0 Å². The first kappa shape index (κ1) is 22.0. The number of nitro benzene ring substituents is 1. The summed E-state index contributed by atoms with van der Waals surface area (Å²) in [6.45, 7) is 2.31. The fourth-order valence-electron chi connectivity index (χ4n) is 2.08. The maximum Gasteiger partial charge on any atom is 0.329 e. The van der Waals surface area contributed by atoms with E-state index >= 15 is 0 Å². The minimum atomic E-state index is -4.45. The highest BCUT2D eigenvalue weighted by molar-refractivity contribution is 7.94. The van der Waals surface area contributed by atoms with Gasteiger partial charge in [0.15, 0.2) is 0 Å². The van der Waals surface area contributed by atoms with E-state index in [9.17, 15) is 32.9 Å². The Morgan fingerprint density at radius 3 is 2.22 bits per heavy atom. The van der Waals surface area contributed by atoms with Gasteiger partial charge in [-0.25, -0.2) is 8.42 Å². The largest absolute Gasteiger partial charge is 0.468 e. The molecule has 0 saturated carbocycles. The number of carbonyl (C=O) groups is 3. The van der Waals surface area contributed by atoms with Crippen LogP contribution >= 0.6 is 0 Å². The molecule has 2 atom stereocenters. The van der Waals surface area contributed by atoms with E-state index in [4.69, 9.17) is 4.74 Å². The van der Waals surface area contributed by atoms with Crippen molar-refractivity contribution in [1.29, 1.82) is 0 Å². The molecule has 1 N–H and O–H groups in total. The molecule has 0 bridgehead atoms. The molecule has 27 heavy (non-hydrogen) atoms. The van der Waals surface area contributed by atoms with Crippen LogP contribution in [0, 0.1) is 10.1 Å². The molecule has 11 nitrogen and oxygen atoms in total. The van der Waals surface area contributed by atoms with Gasteiger partial charge in [-0.1, -0.05) is 0 Å². The van der Waals surface area contributed by atoms with Crippen LogP contribution < -0.4 is 4.72 Å². The Morgan fingerprint density at radius 2 is 1.78 bits per heavy atom. The van der Waals surface area contributed by atoms with Gasteiger partial charge in [-0.2, -0.15) is 0 Å². The molecule has 2 unspecified atom stereocenters. The predicted octanol–water partition coefficient (Wildman–Crippen LogP) is 0.789. The maximum absolute atomic E-state index is 12.6. The maximum atomic E-state index is 12.6. The number of hydrogen-bond donors (Lipinski definition) is 1. The average molecular weight is 402 g/mol. The summed E-state index contributed by atoms with van der Waals surface area (Å²) in [7, 11) is -3.49. The number of Topliss-reactive ketones (excluding diaryl/α,β-unsaturated/α-hetero) is 1. The van der Waals surface area contributed by atoms with Gasteiger partial charge in [-0.15, -0.1) is 0 Å². The summed E-state index contributed by atoms with van der Waals surface area (Å²) in [6, 6.07) is 4.41. The highest BCUT2D eigenvalue weighted by atomic mass is 32.2. The number of sulfonamides is 1. The van der Waals surface area contributed by atoms with E-state index in [1.807, 2.05) is 0 Å². The van der Waals surface area contributed by atoms with Gasteiger partial charge in [0.2, 0.25) is 15.3 Å². The van der Waals surface area contributed by atoms with Gasteiger partial charge in [-0.05, 0) is 26.0 Å². The molecule has 0 aromatic heterocycles. The summed E-state index contributed by atoms with van der Waals surface area (Å²) < 4.78 is 36.5. The number of anilines is 1. The molecule has 0 heterocycles. The van der Waals surface area contributed by atoms with Gasteiger partial charge in [0.25, 0.3) is 5.69 Å². The summed E-state index contributed by atoms with van der Waals surface area (Å²) in [4.78, 5) is 44.5. The van der Waals surface area contributed by atoms with E-state index in [0.717, 1.165) is 45.2 Å². The van der Waals surface area contributed by atoms with Crippen molar-refractivity contribution >= 4 is 39.1 Å². The first-order valence-corrected chi connectivity index (χ1v) is 9.05. The number of methoxy groups -OCH3 is 1. The van der Waals surface area contributed by atoms with Gasteiger partial charge in [0.05, 0.1) is 12.0 Å². The number of benzene rings is 1. The van der Waals surface area contributed by atoms with Gasteiger partial charge < -0.3 is 9.47 Å². The van der Waals surface area contributed by atoms with Crippen molar-refractivity contribution < 1.29 is 37.2 Å². The zero-order valence-electron chi connectivity index (χ0n) is 14.7. The summed E-state index contributed by atoms with van der Waals surface area (Å²) >= 11 is 0. The Kier molecular flexibility index (Phi) is 7.40. The monoisotopic (exact) mass is 402 g/mol. The van der Waals surface area contributed by atoms with Crippen molar-refractivity contribution in [2.24, 2.45) is 0 Å². The lowest BCUT2D eigenvalue weighted by Crippen LogP contribution is -2.45. The number of hydrogen-bond acceptors (Lipinski definition) is 9. The van der Waals surface area contributed by atoms with E-state index in [-0.39, 0.29) is 11.4 Å². The second kappa shape index (κ2) is 9.07. The smallest absolute Gasteiger partial charge is 0.329 e. The topological polar surface area (TPSA) is 159 Å². The molecule has 0 saturated heterocycles. The van der Waals surface area contributed by atoms with Crippen LogP contribution in [-0.2, 0) is 33.9 Å². The Labute approximate surface area is 154 Å². The van der Waals surface area contributed by atoms with E-state index in [1.54, 1.807) is 0 Å². The lowest BCUT2D eigenvalue weighted by molar-refractivity contribution is -0.384. The molecule has 0 aliphatic heterocycles. The van der Waals surface area contributed by atoms with Crippen molar-refractivity contribution in [1.82, 2.24) is 0 Å². The predicted molar refractivity (Wildman–Crippen MR) is 92.3 cm³/mol. The van der Waals surface area contributed by atoms with E-state index in [2.05, 4.69) is 9.46 Å². The van der Waals surface area contributed by atoms with Gasteiger partial charge in [0.1, 0.15) is 18.3 Å². The van der Waals surface area contributed by atoms with Gasteiger partial charge in [0, 0.05) is 17.8 Å². The standard InChI is InChI=1S/C15H18N2O9S/c1-9(18)8-13(19)26-10(2)14(15(20)25-3)27(23,24)16-11-4-6-12(7-5-11)17(21)22/h4-7,10,14,16H,8H2,1-3H3. The molecule has 1 aromatic carbocycles. The Balaban J connectivity index is 3.06. The molecular formula is C15H18N2O9S. The Morgan fingerprint density at radius 1 is 1.22 bits per heavy atom. The van der Waals surface area contributed by atoms with E-state index in [0.29, 0.717) is 0 Å². The van der Waals surface area contributed by atoms with Gasteiger partial charge >= 0.3 is 11.9 Å². The fraction of sp³-hybridized carbons (Fsp3) is 0.400. The molecule has 0 fully saturated rings. The molecule has 0 amide bonds. The Bertz CT molecular complexity index is 833. The minimum Gasteiger partial charge on any atom is -0.468 e. The summed E-state index contributed by atoms with van der Waals surface area (Å²) in [5.41, 5.74) is -0.300. The van der Waals surface area contributed by atoms with Crippen LogP contribution in [0.3, 0.4) is 0 Å². The molecule has 1 rings (SSSR count). The first-order valence-electron chi connectivity index (χ1n) is 7.50. The molecule has 0 aliphatic rings. The summed E-state index contributed by atoms with van der Waals surface area (Å²) in [6.07, 6.45) is -2.03. The SMILES string of the molecule is COC(=O)C(C(C)OC(=O)CC(C)=O)S(=O)(=O)Nc1ccc([N+](=O)[O-])cc1. The normalized spacial score (nSPS) is 13.1. The highest BCUT2D eigenvalue weighted by Crippen LogP contribution is 2.20. The number of esters is 2. The first-order chi connectivity index (χ1) is 12.5. The number of ether oxygens (including phenoxy) is 2. The van der Waals surface area contributed by atoms with Crippen LogP contribution in [-0.4, -0.2) is 49.5 Å². The third-order valence-corrected chi connectivity index (χ3v) is 5.01. The van der Waals surface area contributed by atoms with E-state index < -0.39 is 50.4 Å². The van der Waals surface area contributed by atoms with Crippen LogP contribution in [0.15, 0.2) is 24.3 Å². The number of nitrogens with one attached hydrogen (secondary N) is 1. The number of nitrogens with zero attached hydrogens (tertiary/aromatic N) is 1. The van der Waals surface area contributed by atoms with Crippen LogP contribution in [0.25, 0.3) is 0 Å². The molecule has 148 valence electrons. The van der Waals surface area contributed by atoms with Crippen molar-refractivity contribution in [2.45, 2.75) is 31.6 Å². The van der Waals surface area contributed by atoms with E-state index in [1.165, 1.54) is 0 Å². The molecule has 0 spiro atoms. The zero-order chi connectivity index (χ0) is 20.8. The second-order valence-electron chi connectivity index (χ2n) is 5.47. The molecule has 1 aromatic rings. The zero-order valence-corrected chi connectivity index (χ0v) is 15.5. The van der Waals surface area contributed by atoms with Crippen molar-refractivity contribution in [2.75, 3.05) is 11.8 Å². The Hall–Kier alpha value is -3.02. The van der Waals surface area contributed by atoms with Crippen molar-refractivity contribution in [3.8, 4) is 0 Å². The lowest BCUT2D eigenvalue weighted by atomic mass is 10.2. The number of nitro groups is 1. The number of rotatable bonds is 9. The number of ketones is 1. The van der Waals surface area contributed by atoms with Gasteiger partial charge in [-0.3, -0.25) is 29.2 Å². The highest BCUT2D eigenvalue weighted by Gasteiger charge is 2.41. The van der Waals surface area contributed by atoms with Crippen molar-refractivity contribution in [3.05, 3.63) is 34.4 Å². The average Bonchev–Trinajstić information content (AvgIpc) is 2.53. The summed E-state index contributed by atoms with van der Waals surface area (Å²) in [5, 5.41) is 8.71. The lowest BCUT2D eigenvalue weighted by Gasteiger charge is -2.22. The van der Waals surface area contributed by atoms with Crippen LogP contribution in [0.5, 0.6) is 0 Å². The number of non-ortho nitro benzene ring substituents is 1. The number of carbonyl (C=O) groups excluding carboxylic acids is 3. The molecule has 0 radical (unpaired) electrons. The third-order valence-electron chi connectivity index (χ3n) is 3.24. The molecule has 0 aliphatic carbocycles.